The summed E-state index contributed by atoms with van der Waals surface area (Å²) in [6.45, 7) is 9.53. The maximum atomic E-state index is 5.47. The van der Waals surface area contributed by atoms with Crippen LogP contribution in [0.3, 0.4) is 0 Å². The highest BCUT2D eigenvalue weighted by molar-refractivity contribution is 5.71. The second-order valence-electron chi connectivity index (χ2n) is 7.28. The molecule has 1 aliphatic rings. The minimum absolute atomic E-state index is 0.218. The average Bonchev–Trinajstić information content (AvgIpc) is 2.76. The number of aromatic nitrogens is 3. The molecule has 0 unspecified atom stereocenters. The van der Waals surface area contributed by atoms with Gasteiger partial charge < -0.3 is 9.30 Å². The molecule has 0 saturated carbocycles. The molecule has 0 spiro atoms. The molecule has 4 heteroatoms. The highest BCUT2D eigenvalue weighted by Crippen LogP contribution is 2.25. The quantitative estimate of drug-likeness (QED) is 0.868. The zero-order valence-electron chi connectivity index (χ0n) is 13.3. The van der Waals surface area contributed by atoms with Gasteiger partial charge in [0, 0.05) is 32.4 Å². The molecule has 0 aliphatic carbocycles. The van der Waals surface area contributed by atoms with E-state index in [-0.39, 0.29) is 5.41 Å². The Kier molecular flexibility index (Phi) is 3.98. The molecule has 0 bridgehead atoms. The summed E-state index contributed by atoms with van der Waals surface area (Å²) in [6.07, 6.45) is 5.19. The predicted octanol–water partition coefficient (Wildman–Crippen LogP) is 3.45. The largest absolute Gasteiger partial charge is 0.381 e. The van der Waals surface area contributed by atoms with Crippen molar-refractivity contribution in [3.8, 4) is 0 Å². The highest BCUT2D eigenvalue weighted by Gasteiger charge is 2.22. The molecule has 1 aliphatic heterocycles. The Morgan fingerprint density at radius 3 is 2.76 bits per heavy atom. The van der Waals surface area contributed by atoms with Crippen LogP contribution in [0.1, 0.15) is 39.4 Å². The molecule has 0 N–H and O–H groups in total. The zero-order valence-corrected chi connectivity index (χ0v) is 13.3. The number of ether oxygens (including phenoxy) is 1. The fourth-order valence-corrected chi connectivity index (χ4v) is 3.01. The molecule has 114 valence electrons. The van der Waals surface area contributed by atoms with Crippen molar-refractivity contribution in [2.24, 2.45) is 11.3 Å². The fourth-order valence-electron chi connectivity index (χ4n) is 3.01. The Morgan fingerprint density at radius 2 is 2.05 bits per heavy atom. The van der Waals surface area contributed by atoms with E-state index >= 15 is 0 Å². The molecular formula is C17H25N3O. The van der Waals surface area contributed by atoms with Crippen LogP contribution in [0.4, 0.5) is 0 Å². The average molecular weight is 287 g/mol. The first-order chi connectivity index (χ1) is 10.0. The third-order valence-corrected chi connectivity index (χ3v) is 4.03. The van der Waals surface area contributed by atoms with Crippen molar-refractivity contribution in [1.29, 1.82) is 0 Å². The molecule has 0 aromatic carbocycles. The number of pyridine rings is 1. The van der Waals surface area contributed by atoms with Crippen LogP contribution in [-0.2, 0) is 17.7 Å². The molecule has 2 aromatic rings. The standard InChI is InChI=1S/C17H25N3O/c1-17(2,3)12-20-15(11-13-6-9-21-10-7-13)19-14-5-4-8-18-16(14)20/h4-5,8,13H,6-7,9-12H2,1-3H3. The van der Waals surface area contributed by atoms with E-state index in [1.165, 1.54) is 5.82 Å². The lowest BCUT2D eigenvalue weighted by atomic mass is 9.94. The van der Waals surface area contributed by atoms with Crippen molar-refractivity contribution < 1.29 is 4.74 Å². The summed E-state index contributed by atoms with van der Waals surface area (Å²) >= 11 is 0. The zero-order chi connectivity index (χ0) is 14.9. The molecule has 3 rings (SSSR count). The number of nitrogens with zero attached hydrogens (tertiary/aromatic N) is 3. The molecule has 0 radical (unpaired) electrons. The Hall–Kier alpha value is -1.42. The number of hydrogen-bond donors (Lipinski definition) is 0. The second-order valence-corrected chi connectivity index (χ2v) is 7.28. The van der Waals surface area contributed by atoms with Gasteiger partial charge in [0.15, 0.2) is 5.65 Å². The normalized spacial score (nSPS) is 17.5. The van der Waals surface area contributed by atoms with E-state index in [0.717, 1.165) is 50.2 Å². The van der Waals surface area contributed by atoms with Gasteiger partial charge in [-0.15, -0.1) is 0 Å². The van der Waals surface area contributed by atoms with E-state index in [0.29, 0.717) is 5.92 Å². The van der Waals surface area contributed by atoms with E-state index in [4.69, 9.17) is 9.72 Å². The van der Waals surface area contributed by atoms with Gasteiger partial charge in [-0.3, -0.25) is 0 Å². The van der Waals surface area contributed by atoms with E-state index in [1.54, 1.807) is 0 Å². The summed E-state index contributed by atoms with van der Waals surface area (Å²) in [5, 5.41) is 0. The van der Waals surface area contributed by atoms with Crippen LogP contribution in [0.15, 0.2) is 18.3 Å². The summed E-state index contributed by atoms with van der Waals surface area (Å²) in [5.41, 5.74) is 2.26. The molecular weight excluding hydrogens is 262 g/mol. The second kappa shape index (κ2) is 5.76. The maximum absolute atomic E-state index is 5.47. The molecule has 2 aromatic heterocycles. The van der Waals surface area contributed by atoms with Crippen LogP contribution in [-0.4, -0.2) is 27.7 Å². The fraction of sp³-hybridized carbons (Fsp3) is 0.647. The van der Waals surface area contributed by atoms with Gasteiger partial charge in [0.2, 0.25) is 0 Å². The van der Waals surface area contributed by atoms with Gasteiger partial charge in [-0.1, -0.05) is 20.8 Å². The smallest absolute Gasteiger partial charge is 0.160 e. The van der Waals surface area contributed by atoms with Crippen molar-refractivity contribution in [2.75, 3.05) is 13.2 Å². The molecule has 0 atom stereocenters. The summed E-state index contributed by atoms with van der Waals surface area (Å²) in [7, 11) is 0. The van der Waals surface area contributed by atoms with Crippen LogP contribution in [0, 0.1) is 11.3 Å². The van der Waals surface area contributed by atoms with Crippen LogP contribution >= 0.6 is 0 Å². The summed E-state index contributed by atoms with van der Waals surface area (Å²) in [6, 6.07) is 4.03. The molecule has 21 heavy (non-hydrogen) atoms. The van der Waals surface area contributed by atoms with Crippen molar-refractivity contribution in [1.82, 2.24) is 14.5 Å². The van der Waals surface area contributed by atoms with Gasteiger partial charge in [-0.2, -0.15) is 0 Å². The van der Waals surface area contributed by atoms with Gasteiger partial charge >= 0.3 is 0 Å². The number of imidazole rings is 1. The lowest BCUT2D eigenvalue weighted by molar-refractivity contribution is 0.0656. The number of fused-ring (bicyclic) bond motifs is 1. The van der Waals surface area contributed by atoms with Crippen LogP contribution in [0.2, 0.25) is 0 Å². The SMILES string of the molecule is CC(C)(C)Cn1c(CC2CCOCC2)nc2cccnc21. The van der Waals surface area contributed by atoms with Gasteiger partial charge in [0.25, 0.3) is 0 Å². The monoisotopic (exact) mass is 287 g/mol. The highest BCUT2D eigenvalue weighted by atomic mass is 16.5. The summed E-state index contributed by atoms with van der Waals surface area (Å²) < 4.78 is 7.79. The van der Waals surface area contributed by atoms with E-state index < -0.39 is 0 Å². The van der Waals surface area contributed by atoms with Gasteiger partial charge in [-0.05, 0) is 36.3 Å². The Balaban J connectivity index is 1.93. The van der Waals surface area contributed by atoms with E-state index in [2.05, 4.69) is 36.4 Å². The van der Waals surface area contributed by atoms with Crippen LogP contribution in [0.25, 0.3) is 11.2 Å². The van der Waals surface area contributed by atoms with Crippen molar-refractivity contribution >= 4 is 11.2 Å². The summed E-state index contributed by atoms with van der Waals surface area (Å²) in [4.78, 5) is 9.41. The lowest BCUT2D eigenvalue weighted by Gasteiger charge is -2.24. The Morgan fingerprint density at radius 1 is 1.29 bits per heavy atom. The van der Waals surface area contributed by atoms with Crippen molar-refractivity contribution in [2.45, 2.75) is 46.6 Å². The lowest BCUT2D eigenvalue weighted by Crippen LogP contribution is -2.22. The first-order valence-electron chi connectivity index (χ1n) is 7.91. The van der Waals surface area contributed by atoms with Crippen LogP contribution < -0.4 is 0 Å². The minimum atomic E-state index is 0.218. The summed E-state index contributed by atoms with van der Waals surface area (Å²) in [5.74, 6) is 1.87. The topological polar surface area (TPSA) is 39.9 Å². The number of rotatable bonds is 3. The molecule has 4 nitrogen and oxygen atoms in total. The van der Waals surface area contributed by atoms with E-state index in [9.17, 15) is 0 Å². The van der Waals surface area contributed by atoms with Gasteiger partial charge in [0.05, 0.1) is 0 Å². The van der Waals surface area contributed by atoms with Crippen molar-refractivity contribution in [3.63, 3.8) is 0 Å². The predicted molar refractivity (Wildman–Crippen MR) is 84.2 cm³/mol. The Labute approximate surface area is 126 Å². The Bertz CT molecular complexity index is 606. The third kappa shape index (κ3) is 3.43. The van der Waals surface area contributed by atoms with E-state index in [1.807, 2.05) is 12.3 Å². The third-order valence-electron chi connectivity index (χ3n) is 4.03. The number of hydrogen-bond acceptors (Lipinski definition) is 3. The van der Waals surface area contributed by atoms with Gasteiger partial charge in [-0.25, -0.2) is 9.97 Å². The first kappa shape index (κ1) is 14.5. The van der Waals surface area contributed by atoms with Gasteiger partial charge in [0.1, 0.15) is 11.3 Å². The molecule has 1 saturated heterocycles. The first-order valence-corrected chi connectivity index (χ1v) is 7.91. The molecule has 0 amide bonds. The molecule has 1 fully saturated rings. The maximum Gasteiger partial charge on any atom is 0.160 e. The van der Waals surface area contributed by atoms with Crippen molar-refractivity contribution in [3.05, 3.63) is 24.2 Å². The molecule has 3 heterocycles. The minimum Gasteiger partial charge on any atom is -0.381 e. The van der Waals surface area contributed by atoms with Crippen LogP contribution in [0.5, 0.6) is 0 Å².